The van der Waals surface area contributed by atoms with Gasteiger partial charge in [0, 0.05) is 6.20 Å². The van der Waals surface area contributed by atoms with Crippen molar-refractivity contribution in [3.63, 3.8) is 0 Å². The Labute approximate surface area is 181 Å². The molecule has 4 aromatic rings. The summed E-state index contributed by atoms with van der Waals surface area (Å²) in [6.45, 7) is 7.96. The second kappa shape index (κ2) is 8.65. The summed E-state index contributed by atoms with van der Waals surface area (Å²) >= 11 is 0. The third-order valence-corrected chi connectivity index (χ3v) is 5.34. The van der Waals surface area contributed by atoms with Gasteiger partial charge in [-0.1, -0.05) is 24.3 Å². The second-order valence-electron chi connectivity index (χ2n) is 7.73. The number of aliphatic hydroxyl groups excluding tert-OH is 1. The molecule has 0 aliphatic rings. The molecule has 0 aliphatic carbocycles. The van der Waals surface area contributed by atoms with E-state index in [-0.39, 0.29) is 12.6 Å². The lowest BCUT2D eigenvalue weighted by Crippen LogP contribution is -2.11. The Balaban J connectivity index is 1.60. The second-order valence-corrected chi connectivity index (χ2v) is 7.73. The van der Waals surface area contributed by atoms with Crippen LogP contribution in [-0.4, -0.2) is 29.8 Å². The largest absolute Gasteiger partial charge is 0.390 e. The van der Waals surface area contributed by atoms with Crippen molar-refractivity contribution in [2.45, 2.75) is 40.3 Å². The molecule has 1 aromatic carbocycles. The van der Waals surface area contributed by atoms with E-state index in [0.29, 0.717) is 17.1 Å². The van der Waals surface area contributed by atoms with Crippen LogP contribution in [0, 0.1) is 20.8 Å². The van der Waals surface area contributed by atoms with Crippen molar-refractivity contribution >= 4 is 5.82 Å². The van der Waals surface area contributed by atoms with Gasteiger partial charge in [-0.05, 0) is 62.6 Å². The lowest BCUT2D eigenvalue weighted by Gasteiger charge is -2.18. The van der Waals surface area contributed by atoms with Crippen LogP contribution in [0.5, 0.6) is 0 Å². The maximum absolute atomic E-state index is 9.84. The summed E-state index contributed by atoms with van der Waals surface area (Å²) in [6.07, 6.45) is 3.61. The Bertz CT molecular complexity index is 1220. The molecule has 0 aliphatic heterocycles. The first-order valence-electron chi connectivity index (χ1n) is 10.2. The minimum Gasteiger partial charge on any atom is -0.390 e. The minimum absolute atomic E-state index is 0.108. The van der Waals surface area contributed by atoms with Gasteiger partial charge in [-0.25, -0.2) is 9.97 Å². The van der Waals surface area contributed by atoms with E-state index in [1.807, 2.05) is 54.9 Å². The fourth-order valence-corrected chi connectivity index (χ4v) is 3.65. The van der Waals surface area contributed by atoms with Gasteiger partial charge < -0.3 is 15.0 Å². The van der Waals surface area contributed by atoms with Gasteiger partial charge in [0.15, 0.2) is 5.82 Å². The highest BCUT2D eigenvalue weighted by Gasteiger charge is 2.14. The summed E-state index contributed by atoms with van der Waals surface area (Å²) in [5, 5.41) is 22.1. The van der Waals surface area contributed by atoms with Gasteiger partial charge in [0.05, 0.1) is 41.7 Å². The number of hydrogen-bond donors (Lipinski definition) is 2. The van der Waals surface area contributed by atoms with Crippen LogP contribution >= 0.6 is 0 Å². The van der Waals surface area contributed by atoms with Crippen LogP contribution in [-0.2, 0) is 6.61 Å². The molecule has 7 nitrogen and oxygen atoms in total. The lowest BCUT2D eigenvalue weighted by molar-refractivity contribution is 0.276. The number of rotatable bonds is 6. The molecule has 0 bridgehead atoms. The number of nitrogens with one attached hydrogen (secondary N) is 1. The number of hydrogen-bond acceptors (Lipinski definition) is 6. The quantitative estimate of drug-likeness (QED) is 0.489. The molecular weight excluding hydrogens is 388 g/mol. The van der Waals surface area contributed by atoms with Crippen LogP contribution in [0.3, 0.4) is 0 Å². The van der Waals surface area contributed by atoms with Crippen LogP contribution in [0.2, 0.25) is 0 Å². The normalized spacial score (nSPS) is 12.0. The third kappa shape index (κ3) is 4.32. The molecule has 1 atom stereocenters. The van der Waals surface area contributed by atoms with E-state index in [4.69, 9.17) is 0 Å². The molecule has 0 spiro atoms. The van der Waals surface area contributed by atoms with Crippen molar-refractivity contribution in [1.29, 1.82) is 0 Å². The molecule has 3 heterocycles. The van der Waals surface area contributed by atoms with Crippen molar-refractivity contribution < 1.29 is 5.11 Å². The molecule has 0 amide bonds. The summed E-state index contributed by atoms with van der Waals surface area (Å²) < 4.78 is 1.86. The highest BCUT2D eigenvalue weighted by molar-refractivity contribution is 5.60. The Morgan fingerprint density at radius 3 is 2.48 bits per heavy atom. The molecular formula is C24H26N6O. The van der Waals surface area contributed by atoms with Gasteiger partial charge in [-0.15, -0.1) is 10.2 Å². The number of benzene rings is 1. The molecule has 0 radical (unpaired) electrons. The zero-order valence-electron chi connectivity index (χ0n) is 18.2. The van der Waals surface area contributed by atoms with Crippen LogP contribution < -0.4 is 5.32 Å². The maximum Gasteiger partial charge on any atom is 0.152 e. The number of aliphatic hydroxyl groups is 1. The predicted octanol–water partition coefficient (Wildman–Crippen LogP) is 4.31. The van der Waals surface area contributed by atoms with E-state index in [1.165, 1.54) is 11.1 Å². The lowest BCUT2D eigenvalue weighted by atomic mass is 10.0. The monoisotopic (exact) mass is 414 g/mol. The van der Waals surface area contributed by atoms with E-state index in [9.17, 15) is 5.11 Å². The number of nitrogens with zero attached hydrogens (tertiary/aromatic N) is 5. The first-order chi connectivity index (χ1) is 15.0. The van der Waals surface area contributed by atoms with E-state index < -0.39 is 0 Å². The molecule has 7 heteroatoms. The molecule has 31 heavy (non-hydrogen) atoms. The SMILES string of the molecule is Cc1cn(-c2ccc(-c3cc(C)c(N[C@@H](C)c4ccccc4C)nn3)nc2CO)cn1. The van der Waals surface area contributed by atoms with E-state index in [0.717, 1.165) is 22.8 Å². The summed E-state index contributed by atoms with van der Waals surface area (Å²) in [6, 6.07) is 14.2. The topological polar surface area (TPSA) is 88.8 Å². The van der Waals surface area contributed by atoms with Crippen LogP contribution in [0.15, 0.2) is 55.0 Å². The van der Waals surface area contributed by atoms with Gasteiger partial charge in [0.2, 0.25) is 0 Å². The molecule has 0 fully saturated rings. The summed E-state index contributed by atoms with van der Waals surface area (Å²) in [4.78, 5) is 8.86. The molecule has 3 aromatic heterocycles. The van der Waals surface area contributed by atoms with Crippen LogP contribution in [0.25, 0.3) is 17.1 Å². The van der Waals surface area contributed by atoms with Gasteiger partial charge in [0.25, 0.3) is 0 Å². The smallest absolute Gasteiger partial charge is 0.152 e. The summed E-state index contributed by atoms with van der Waals surface area (Å²) in [5.74, 6) is 0.743. The molecule has 158 valence electrons. The predicted molar refractivity (Wildman–Crippen MR) is 121 cm³/mol. The maximum atomic E-state index is 9.84. The molecule has 0 saturated carbocycles. The molecule has 0 unspecified atom stereocenters. The highest BCUT2D eigenvalue weighted by Crippen LogP contribution is 2.25. The van der Waals surface area contributed by atoms with Gasteiger partial charge in [-0.2, -0.15) is 0 Å². The number of aromatic nitrogens is 5. The standard InChI is InChI=1S/C24H26N6O/c1-15-7-5-6-8-19(15)18(4)26-24-16(2)11-21(28-29-24)20-9-10-23(22(13-31)27-20)30-12-17(3)25-14-30/h5-12,14,18,31H,13H2,1-4H3,(H,26,29)/t18-/m0/s1. The molecule has 2 N–H and O–H groups in total. The van der Waals surface area contributed by atoms with E-state index in [2.05, 4.69) is 51.5 Å². The van der Waals surface area contributed by atoms with Crippen LogP contribution in [0.1, 0.15) is 41.0 Å². The Hall–Kier alpha value is -3.58. The van der Waals surface area contributed by atoms with E-state index >= 15 is 0 Å². The third-order valence-electron chi connectivity index (χ3n) is 5.34. The first kappa shape index (κ1) is 20.7. The Kier molecular flexibility index (Phi) is 5.77. The molecule has 0 saturated heterocycles. The zero-order chi connectivity index (χ0) is 22.0. The Morgan fingerprint density at radius 1 is 1.00 bits per heavy atom. The average Bonchev–Trinajstić information content (AvgIpc) is 3.21. The van der Waals surface area contributed by atoms with Gasteiger partial charge >= 0.3 is 0 Å². The minimum atomic E-state index is -0.180. The fourth-order valence-electron chi connectivity index (χ4n) is 3.65. The number of aryl methyl sites for hydroxylation is 3. The van der Waals surface area contributed by atoms with Crippen molar-refractivity contribution in [1.82, 2.24) is 24.7 Å². The average molecular weight is 415 g/mol. The van der Waals surface area contributed by atoms with Crippen LogP contribution in [0.4, 0.5) is 5.82 Å². The Morgan fingerprint density at radius 2 is 1.81 bits per heavy atom. The van der Waals surface area contributed by atoms with Crippen molar-refractivity contribution in [2.75, 3.05) is 5.32 Å². The van der Waals surface area contributed by atoms with Crippen molar-refractivity contribution in [3.8, 4) is 17.1 Å². The first-order valence-corrected chi connectivity index (χ1v) is 10.2. The molecule has 4 rings (SSSR count). The van der Waals surface area contributed by atoms with Crippen molar-refractivity contribution in [3.05, 3.63) is 83.1 Å². The summed E-state index contributed by atoms with van der Waals surface area (Å²) in [7, 11) is 0. The highest BCUT2D eigenvalue weighted by atomic mass is 16.3. The zero-order valence-corrected chi connectivity index (χ0v) is 18.2. The van der Waals surface area contributed by atoms with Gasteiger partial charge in [0.1, 0.15) is 5.69 Å². The van der Waals surface area contributed by atoms with Gasteiger partial charge in [-0.3, -0.25) is 0 Å². The number of pyridine rings is 1. The van der Waals surface area contributed by atoms with E-state index in [1.54, 1.807) is 6.33 Å². The number of imidazole rings is 1. The number of anilines is 1. The fraction of sp³-hybridized carbons (Fsp3) is 0.250. The summed E-state index contributed by atoms with van der Waals surface area (Å²) in [5.41, 5.74) is 7.02. The van der Waals surface area contributed by atoms with Crippen molar-refractivity contribution in [2.24, 2.45) is 0 Å².